The van der Waals surface area contributed by atoms with Crippen LogP contribution in [0.15, 0.2) is 364 Å². The largest absolute Gasteiger partial charge is 0.388 e. The number of hydrogen-bond acceptors (Lipinski definition) is 12. The van der Waals surface area contributed by atoms with Crippen molar-refractivity contribution in [2.75, 3.05) is 85.3 Å². The predicted molar refractivity (Wildman–Crippen MR) is 621 cm³/mol. The Morgan fingerprint density at radius 1 is 0.208 bits per heavy atom. The summed E-state index contributed by atoms with van der Waals surface area (Å²) in [5.41, 5.74) is 17.6. The Hall–Kier alpha value is -11.6. The maximum atomic E-state index is 8.81. The fourth-order valence-corrected chi connectivity index (χ4v) is 15.2. The molecule has 0 radical (unpaired) electrons. The summed E-state index contributed by atoms with van der Waals surface area (Å²) >= 11 is 0. The molecule has 0 fully saturated rings. The Kier molecular flexibility index (Phi) is 111. The van der Waals surface area contributed by atoms with Gasteiger partial charge >= 0.3 is 0 Å². The molecule has 144 heavy (non-hydrogen) atoms. The minimum atomic E-state index is 0.577. The predicted octanol–water partition coefficient (Wildman–Crippen LogP) is 34.5. The molecule has 12 aromatic carbocycles. The molecular weight excluding hydrogens is 1780 g/mol. The summed E-state index contributed by atoms with van der Waals surface area (Å²) in [6.07, 6.45) is 26.9. The highest BCUT2D eigenvalue weighted by Gasteiger charge is 2.21. The van der Waals surface area contributed by atoms with Crippen molar-refractivity contribution in [1.82, 2.24) is 0 Å². The number of benzene rings is 12. The van der Waals surface area contributed by atoms with Crippen molar-refractivity contribution >= 4 is 37.7 Å². The first-order valence-electron chi connectivity index (χ1n) is 51.4. The maximum Gasteiger partial charge on any atom is 0.116 e. The van der Waals surface area contributed by atoms with Crippen molar-refractivity contribution in [2.24, 2.45) is 0 Å². The zero-order valence-corrected chi connectivity index (χ0v) is 93.9. The number of carbonyl (C=O) groups is 6. The second kappa shape index (κ2) is 112. The third kappa shape index (κ3) is 82.8. The van der Waals surface area contributed by atoms with Gasteiger partial charge in [-0.2, -0.15) is 0 Å². The van der Waals surface area contributed by atoms with Crippen LogP contribution in [-0.2, 0) is 76.5 Å². The summed E-state index contributed by atoms with van der Waals surface area (Å²) in [6, 6.07) is 130. The van der Waals surface area contributed by atoms with Crippen LogP contribution in [-0.4, -0.2) is 123 Å². The Morgan fingerprint density at radius 3 is 0.708 bits per heavy atom. The highest BCUT2D eigenvalue weighted by Crippen LogP contribution is 2.37. The molecular formula is C132H192O12. The Labute approximate surface area is 878 Å². The van der Waals surface area contributed by atoms with Gasteiger partial charge in [0.15, 0.2) is 0 Å². The summed E-state index contributed by atoms with van der Waals surface area (Å²) in [4.78, 5) is 52.8. The summed E-state index contributed by atoms with van der Waals surface area (Å²) in [7, 11) is 19.5. The van der Waals surface area contributed by atoms with Gasteiger partial charge in [-0.05, 0) is 251 Å². The summed E-state index contributed by atoms with van der Waals surface area (Å²) in [5.74, 6) is 5.87. The molecule has 9 unspecified atom stereocenters. The molecule has 0 spiro atoms. The number of methoxy groups -OCH3 is 6. The Morgan fingerprint density at radius 2 is 0.431 bits per heavy atom. The van der Waals surface area contributed by atoms with Gasteiger partial charge in [0.2, 0.25) is 0 Å². The number of aldehydes is 6. The second-order valence-electron chi connectivity index (χ2n) is 33.9. The van der Waals surface area contributed by atoms with Gasteiger partial charge in [-0.15, -0.1) is 0 Å². The van der Waals surface area contributed by atoms with Gasteiger partial charge in [-0.1, -0.05) is 452 Å². The average molecular weight is 1970 g/mol. The van der Waals surface area contributed by atoms with Gasteiger partial charge in [0, 0.05) is 85.3 Å². The number of rotatable bonds is 33. The monoisotopic (exact) mass is 1970 g/mol. The van der Waals surface area contributed by atoms with E-state index in [0.717, 1.165) is 50.1 Å². The first-order chi connectivity index (χ1) is 70.1. The lowest BCUT2D eigenvalue weighted by atomic mass is 9.80. The average Bonchev–Trinajstić information content (AvgIpc) is 0.839. The summed E-state index contributed by atoms with van der Waals surface area (Å²) in [5, 5.41) is 0. The van der Waals surface area contributed by atoms with Gasteiger partial charge in [0.05, 0.1) is 0 Å². The quantitative estimate of drug-likeness (QED) is 0.0359. The van der Waals surface area contributed by atoms with Crippen LogP contribution in [0.2, 0.25) is 0 Å². The summed E-state index contributed by atoms with van der Waals surface area (Å²) < 4.78 is 25.5. The van der Waals surface area contributed by atoms with E-state index in [1.54, 1.807) is 85.3 Å². The molecule has 792 valence electrons. The number of carbonyl (C=O) groups excluding carboxylic acids is 6. The van der Waals surface area contributed by atoms with E-state index in [0.29, 0.717) is 47.3 Å². The number of hydrogen-bond donors (Lipinski definition) is 0. The Bertz CT molecular complexity index is 4340. The van der Waals surface area contributed by atoms with Crippen molar-refractivity contribution in [1.29, 1.82) is 0 Å². The fraction of sp³-hybridized carbons (Fsp3) is 0.409. The van der Waals surface area contributed by atoms with Gasteiger partial charge in [-0.25, -0.2) is 0 Å². The topological polar surface area (TPSA) is 158 Å². The molecule has 9 atom stereocenters. The van der Waals surface area contributed by atoms with E-state index in [1.807, 2.05) is 0 Å². The molecule has 0 heterocycles. The third-order valence-corrected chi connectivity index (χ3v) is 22.0. The van der Waals surface area contributed by atoms with Gasteiger partial charge in [-0.3, -0.25) is 0 Å². The second-order valence-corrected chi connectivity index (χ2v) is 33.9. The zero-order valence-electron chi connectivity index (χ0n) is 93.9. The van der Waals surface area contributed by atoms with Gasteiger partial charge in [0.1, 0.15) is 37.7 Å². The molecule has 12 aromatic rings. The van der Waals surface area contributed by atoms with Crippen molar-refractivity contribution in [3.05, 3.63) is 431 Å². The number of unbranched alkanes of at least 4 members (excludes halogenated alkanes) is 1. The number of ether oxygens (including phenoxy) is 6. The molecule has 12 heteroatoms. The molecule has 0 N–H and O–H groups in total. The lowest BCUT2D eigenvalue weighted by Gasteiger charge is -2.24. The van der Waals surface area contributed by atoms with E-state index in [4.69, 9.17) is 28.8 Å². The SMILES string of the molecule is CC(CCC(C)c1ccccc1)c1ccccc1.CC=O.CC=O.CC=O.CC=O.CC=O.CC=O.CCC(CC(C)c1ccccc1)c1ccccc1.CCC(CCCc1ccccc1)c1ccccc1.CCCC(CCc1ccccc1)c1ccccc1.CCCC(c1ccccc1)C(C)c1ccccc1.CCCCC(Cc1ccccc1)c1ccccc1.COC.COC.COC.COC.COC.COC. The van der Waals surface area contributed by atoms with Crippen LogP contribution in [0.3, 0.4) is 0 Å². The van der Waals surface area contributed by atoms with Crippen LogP contribution < -0.4 is 0 Å². The standard InChI is InChI=1S/6C18H22.6C2H6O.6C2H4O/c1-15(17-9-5-3-6-10-17)13-14-16(2)18-11-7-4-8-12-18;1-3-16(18-12-8-5-9-13-18)14-15(2)17-10-6-4-7-11-17;1-3-10-18(17-13-8-5-9-14-17)15(2)16-11-6-4-7-12-16;1-2-17(18-13-7-4-8-14-18)15-9-12-16-10-5-3-6-11-16;1-2-9-17(18-12-7-4-8-13-18)15-14-16-10-5-3-6-11-16;1-2-3-12-18(17-13-8-5-9-14-17)15-16-10-6-4-7-11-16;6*1-3-2;6*1-2-3/h3-12,15-16H,13-14H2,1-2H3;4-13,15-16H,3,14H2,1-2H3;4-9,11-15,18H,3,10H2,1-2H3;3-8,10-11,13-14,17H,2,9,12,15H2,1H3;3-8,10-13,17H,2,9,14-15H2,1H3;4-11,13-14,18H,2-3,12,15H2,1H3;6*1-2H3;6*2H,1H3. The molecule has 0 aliphatic rings. The van der Waals surface area contributed by atoms with E-state index in [1.165, 1.54) is 217 Å². The summed E-state index contributed by atoms with van der Waals surface area (Å²) in [6.45, 7) is 29.4. The zero-order chi connectivity index (χ0) is 109. The minimum Gasteiger partial charge on any atom is -0.388 e. The third-order valence-electron chi connectivity index (χ3n) is 22.0. The van der Waals surface area contributed by atoms with Crippen molar-refractivity contribution in [3.63, 3.8) is 0 Å². The van der Waals surface area contributed by atoms with E-state index >= 15 is 0 Å². The molecule has 0 aliphatic heterocycles. The maximum absolute atomic E-state index is 8.81. The fourth-order valence-electron chi connectivity index (χ4n) is 15.2. The van der Waals surface area contributed by atoms with Crippen molar-refractivity contribution in [3.8, 4) is 0 Å². The van der Waals surface area contributed by atoms with Crippen LogP contribution >= 0.6 is 0 Å². The van der Waals surface area contributed by atoms with Crippen LogP contribution in [0, 0.1) is 0 Å². The van der Waals surface area contributed by atoms with E-state index in [-0.39, 0.29) is 0 Å². The number of aryl methyl sites for hydroxylation is 2. The van der Waals surface area contributed by atoms with Gasteiger partial charge < -0.3 is 57.2 Å². The molecule has 0 aromatic heterocycles. The Balaban J connectivity index is -0.000000371. The molecule has 12 nitrogen and oxygen atoms in total. The van der Waals surface area contributed by atoms with E-state index in [2.05, 4.69) is 455 Å². The van der Waals surface area contributed by atoms with E-state index in [9.17, 15) is 0 Å². The van der Waals surface area contributed by atoms with Crippen LogP contribution in [0.5, 0.6) is 0 Å². The lowest BCUT2D eigenvalue weighted by Crippen LogP contribution is -2.08. The molecule has 12 rings (SSSR count). The first-order valence-corrected chi connectivity index (χ1v) is 51.4. The van der Waals surface area contributed by atoms with Crippen LogP contribution in [0.1, 0.15) is 320 Å². The highest BCUT2D eigenvalue weighted by atomic mass is 16.5. The highest BCUT2D eigenvalue weighted by molar-refractivity contribution is 5.46. The lowest BCUT2D eigenvalue weighted by molar-refractivity contribution is -0.106. The molecule has 0 saturated carbocycles. The normalized spacial score (nSPS) is 11.2. The van der Waals surface area contributed by atoms with Crippen molar-refractivity contribution < 1.29 is 57.2 Å². The first kappa shape index (κ1) is 143. The molecule has 0 bridgehead atoms. The smallest absolute Gasteiger partial charge is 0.116 e. The molecule has 0 aliphatic carbocycles. The van der Waals surface area contributed by atoms with Crippen LogP contribution in [0.25, 0.3) is 0 Å². The van der Waals surface area contributed by atoms with Gasteiger partial charge in [0.25, 0.3) is 0 Å². The van der Waals surface area contributed by atoms with Crippen molar-refractivity contribution in [2.45, 2.75) is 273 Å². The minimum absolute atomic E-state index is 0.577. The van der Waals surface area contributed by atoms with Crippen LogP contribution in [0.4, 0.5) is 0 Å². The molecule has 0 amide bonds. The van der Waals surface area contributed by atoms with E-state index < -0.39 is 0 Å². The molecule has 0 saturated heterocycles.